The highest BCUT2D eigenvalue weighted by atomic mass is 35.5. The lowest BCUT2D eigenvalue weighted by atomic mass is 10.0. The highest BCUT2D eigenvalue weighted by Gasteiger charge is 2.41. The number of amides is 2. The number of ether oxygens (including phenoxy) is 1. The van der Waals surface area contributed by atoms with Crippen LogP contribution in [0.5, 0.6) is 0 Å². The number of carbonyl (C=O) groups excluding carboxylic acids is 2. The van der Waals surface area contributed by atoms with Gasteiger partial charge in [0.05, 0.1) is 32.7 Å². The number of fused-ring (bicyclic) bond motifs is 1. The first-order chi connectivity index (χ1) is 13.8. The van der Waals surface area contributed by atoms with Crippen LogP contribution < -0.4 is 4.90 Å². The summed E-state index contributed by atoms with van der Waals surface area (Å²) in [6.45, 7) is 1.99. The molecule has 0 N–H and O–H groups in total. The van der Waals surface area contributed by atoms with E-state index < -0.39 is 18.1 Å². The first kappa shape index (κ1) is 19.9. The Labute approximate surface area is 181 Å². The van der Waals surface area contributed by atoms with Crippen LogP contribution in [0.15, 0.2) is 42.5 Å². The van der Waals surface area contributed by atoms with E-state index in [1.54, 1.807) is 32.2 Å². The standard InChI is InChI=1S/C20H17Cl2N3O3S/c1-11(12-7-8-13(21)14(22)9-12)18(26)28-17-10-24(2)20(27)25(17)19-23-15-5-3-4-6-16(15)29-19/h3-9,11,17H,10H2,1-2H3. The molecule has 29 heavy (non-hydrogen) atoms. The van der Waals surface area contributed by atoms with E-state index in [-0.39, 0.29) is 12.6 Å². The monoisotopic (exact) mass is 449 g/mol. The highest BCUT2D eigenvalue weighted by Crippen LogP contribution is 2.34. The maximum Gasteiger partial charge on any atom is 0.329 e. The van der Waals surface area contributed by atoms with Crippen molar-refractivity contribution in [1.29, 1.82) is 0 Å². The van der Waals surface area contributed by atoms with Crippen LogP contribution in [0.4, 0.5) is 9.93 Å². The van der Waals surface area contributed by atoms with Crippen LogP contribution in [0.2, 0.25) is 10.0 Å². The molecule has 1 saturated heterocycles. The predicted octanol–water partition coefficient (Wildman–Crippen LogP) is 5.15. The molecule has 2 unspecified atom stereocenters. The van der Waals surface area contributed by atoms with Crippen molar-refractivity contribution in [3.63, 3.8) is 0 Å². The molecule has 0 spiro atoms. The Hall–Kier alpha value is -2.35. The molecular weight excluding hydrogens is 433 g/mol. The zero-order chi connectivity index (χ0) is 20.7. The van der Waals surface area contributed by atoms with Gasteiger partial charge in [0.25, 0.3) is 0 Å². The minimum absolute atomic E-state index is 0.259. The summed E-state index contributed by atoms with van der Waals surface area (Å²) in [5, 5.41) is 1.29. The van der Waals surface area contributed by atoms with Crippen LogP contribution in [0.25, 0.3) is 10.2 Å². The van der Waals surface area contributed by atoms with Crippen LogP contribution in [0.3, 0.4) is 0 Å². The van der Waals surface area contributed by atoms with Crippen molar-refractivity contribution in [2.75, 3.05) is 18.5 Å². The van der Waals surface area contributed by atoms with E-state index in [4.69, 9.17) is 27.9 Å². The van der Waals surface area contributed by atoms with Gasteiger partial charge in [-0.25, -0.2) is 14.7 Å². The number of rotatable bonds is 4. The van der Waals surface area contributed by atoms with Crippen LogP contribution in [-0.4, -0.2) is 41.7 Å². The van der Waals surface area contributed by atoms with Crippen molar-refractivity contribution in [1.82, 2.24) is 9.88 Å². The molecular formula is C20H17Cl2N3O3S. The van der Waals surface area contributed by atoms with Gasteiger partial charge >= 0.3 is 12.0 Å². The molecule has 1 fully saturated rings. The van der Waals surface area contributed by atoms with Crippen molar-refractivity contribution < 1.29 is 14.3 Å². The Bertz CT molecular complexity index is 1070. The molecule has 4 rings (SSSR count). The minimum Gasteiger partial charge on any atom is -0.439 e. The topological polar surface area (TPSA) is 62.7 Å². The molecule has 6 nitrogen and oxygen atoms in total. The largest absolute Gasteiger partial charge is 0.439 e. The summed E-state index contributed by atoms with van der Waals surface area (Å²) in [5.74, 6) is -1.02. The van der Waals surface area contributed by atoms with E-state index in [9.17, 15) is 9.59 Å². The lowest BCUT2D eigenvalue weighted by Gasteiger charge is -2.22. The molecule has 0 bridgehead atoms. The lowest BCUT2D eigenvalue weighted by Crippen LogP contribution is -2.38. The normalized spacial score (nSPS) is 17.8. The predicted molar refractivity (Wildman–Crippen MR) is 115 cm³/mol. The summed E-state index contributed by atoms with van der Waals surface area (Å²) >= 11 is 13.4. The molecule has 1 aliphatic heterocycles. The van der Waals surface area contributed by atoms with Gasteiger partial charge in [-0.3, -0.25) is 4.79 Å². The van der Waals surface area contributed by atoms with Gasteiger partial charge < -0.3 is 9.64 Å². The Balaban J connectivity index is 1.58. The maximum absolute atomic E-state index is 12.8. The van der Waals surface area contributed by atoms with Gasteiger partial charge in [0, 0.05) is 7.05 Å². The van der Waals surface area contributed by atoms with Crippen LogP contribution >= 0.6 is 34.5 Å². The summed E-state index contributed by atoms with van der Waals surface area (Å²) in [6.07, 6.45) is -0.759. The van der Waals surface area contributed by atoms with Crippen molar-refractivity contribution in [3.05, 3.63) is 58.1 Å². The Morgan fingerprint density at radius 2 is 2.00 bits per heavy atom. The third-order valence-corrected chi connectivity index (χ3v) is 6.56. The average Bonchev–Trinajstić information content (AvgIpc) is 3.23. The van der Waals surface area contributed by atoms with Gasteiger partial charge in [-0.1, -0.05) is 52.7 Å². The molecule has 2 heterocycles. The van der Waals surface area contributed by atoms with Crippen LogP contribution in [-0.2, 0) is 9.53 Å². The molecule has 9 heteroatoms. The Kier molecular flexibility index (Phi) is 5.38. The first-order valence-corrected chi connectivity index (χ1v) is 10.5. The number of carbonyl (C=O) groups is 2. The molecule has 3 aromatic rings. The number of likely N-dealkylation sites (N-methyl/N-ethyl adjacent to an activating group) is 1. The second kappa shape index (κ2) is 7.82. The van der Waals surface area contributed by atoms with E-state index in [1.165, 1.54) is 21.1 Å². The second-order valence-corrected chi connectivity index (χ2v) is 8.61. The fourth-order valence-electron chi connectivity index (χ4n) is 3.11. The molecule has 1 aliphatic rings. The number of anilines is 1. The number of hydrogen-bond acceptors (Lipinski definition) is 5. The molecule has 2 amide bonds. The van der Waals surface area contributed by atoms with E-state index in [0.29, 0.717) is 20.7 Å². The number of aromatic nitrogens is 1. The van der Waals surface area contributed by atoms with Crippen molar-refractivity contribution in [2.45, 2.75) is 19.1 Å². The van der Waals surface area contributed by atoms with Gasteiger partial charge in [0.2, 0.25) is 6.23 Å². The summed E-state index contributed by atoms with van der Waals surface area (Å²) in [7, 11) is 1.67. The number of hydrogen-bond donors (Lipinski definition) is 0. The SMILES string of the molecule is CC(C(=O)OC1CN(C)C(=O)N1c1nc2ccccc2s1)c1ccc(Cl)c(Cl)c1. The average molecular weight is 450 g/mol. The number of thiazole rings is 1. The van der Waals surface area contributed by atoms with Crippen molar-refractivity contribution in [3.8, 4) is 0 Å². The zero-order valence-electron chi connectivity index (χ0n) is 15.6. The summed E-state index contributed by atoms with van der Waals surface area (Å²) in [6, 6.07) is 12.4. The van der Waals surface area contributed by atoms with Gasteiger partial charge in [-0.05, 0) is 36.8 Å². The van der Waals surface area contributed by atoms with E-state index >= 15 is 0 Å². The number of para-hydroxylation sites is 1. The fraction of sp³-hybridized carbons (Fsp3) is 0.250. The van der Waals surface area contributed by atoms with E-state index in [2.05, 4.69) is 4.98 Å². The molecule has 2 aromatic carbocycles. The van der Waals surface area contributed by atoms with Gasteiger partial charge in [0.1, 0.15) is 0 Å². The number of halogens is 2. The first-order valence-electron chi connectivity index (χ1n) is 8.90. The lowest BCUT2D eigenvalue weighted by molar-refractivity contribution is -0.149. The molecule has 0 aliphatic carbocycles. The quantitative estimate of drug-likeness (QED) is 0.516. The third-order valence-electron chi connectivity index (χ3n) is 4.79. The molecule has 150 valence electrons. The van der Waals surface area contributed by atoms with Crippen LogP contribution in [0.1, 0.15) is 18.4 Å². The fourth-order valence-corrected chi connectivity index (χ4v) is 4.42. The van der Waals surface area contributed by atoms with Gasteiger partial charge in [-0.2, -0.15) is 0 Å². The summed E-state index contributed by atoms with van der Waals surface area (Å²) < 4.78 is 6.67. The summed E-state index contributed by atoms with van der Waals surface area (Å²) in [5.41, 5.74) is 1.48. The Morgan fingerprint density at radius 3 is 2.72 bits per heavy atom. The minimum atomic E-state index is -0.759. The Morgan fingerprint density at radius 1 is 1.24 bits per heavy atom. The second-order valence-electron chi connectivity index (χ2n) is 6.78. The molecule has 1 aromatic heterocycles. The molecule has 0 saturated carbocycles. The number of benzene rings is 2. The smallest absolute Gasteiger partial charge is 0.329 e. The number of esters is 1. The molecule has 2 atom stereocenters. The molecule has 0 radical (unpaired) electrons. The van der Waals surface area contributed by atoms with Gasteiger partial charge in [0.15, 0.2) is 5.13 Å². The maximum atomic E-state index is 12.8. The van der Waals surface area contributed by atoms with Gasteiger partial charge in [-0.15, -0.1) is 0 Å². The van der Waals surface area contributed by atoms with Crippen LogP contribution in [0, 0.1) is 0 Å². The number of urea groups is 1. The van der Waals surface area contributed by atoms with Crippen molar-refractivity contribution >= 4 is 61.9 Å². The summed E-state index contributed by atoms with van der Waals surface area (Å²) in [4.78, 5) is 33.0. The van der Waals surface area contributed by atoms with Crippen molar-refractivity contribution in [2.24, 2.45) is 0 Å². The number of nitrogens with zero attached hydrogens (tertiary/aromatic N) is 3. The third kappa shape index (κ3) is 3.77. The zero-order valence-corrected chi connectivity index (χ0v) is 18.0. The van der Waals surface area contributed by atoms with E-state index in [1.807, 2.05) is 24.3 Å². The van der Waals surface area contributed by atoms with E-state index in [0.717, 1.165) is 10.2 Å². The highest BCUT2D eigenvalue weighted by molar-refractivity contribution is 7.22.